The molecule has 1 amide bonds. The highest BCUT2D eigenvalue weighted by Crippen LogP contribution is 2.32. The zero-order valence-electron chi connectivity index (χ0n) is 15.8. The van der Waals surface area contributed by atoms with Crippen LogP contribution in [0.15, 0.2) is 18.2 Å². The van der Waals surface area contributed by atoms with E-state index in [4.69, 9.17) is 10.5 Å². The van der Waals surface area contributed by atoms with E-state index in [1.807, 2.05) is 27.7 Å². The Morgan fingerprint density at radius 3 is 2.85 bits per heavy atom. The fraction of sp³-hybridized carbons (Fsp3) is 0.611. The summed E-state index contributed by atoms with van der Waals surface area (Å²) in [6.07, 6.45) is 0.0909. The molecule has 0 aliphatic carbocycles. The van der Waals surface area contributed by atoms with Gasteiger partial charge in [-0.1, -0.05) is 0 Å². The molecule has 1 heterocycles. The molecule has 0 aromatic heterocycles. The molecule has 0 saturated carbocycles. The van der Waals surface area contributed by atoms with Crippen molar-refractivity contribution in [3.05, 3.63) is 29.6 Å². The van der Waals surface area contributed by atoms with Gasteiger partial charge in [-0.3, -0.25) is 0 Å². The Labute approximate surface area is 157 Å². The molecule has 6 nitrogen and oxygen atoms in total. The number of nitrogens with two attached hydrogens (primary N) is 1. The fourth-order valence-electron chi connectivity index (χ4n) is 2.95. The van der Waals surface area contributed by atoms with Gasteiger partial charge in [-0.25, -0.2) is 9.18 Å². The van der Waals surface area contributed by atoms with Crippen molar-refractivity contribution in [2.24, 2.45) is 11.7 Å². The van der Waals surface area contributed by atoms with Crippen molar-refractivity contribution < 1.29 is 18.5 Å². The number of anilines is 1. The number of hydrogen-bond acceptors (Lipinski definition) is 5. The molecule has 0 bridgehead atoms. The van der Waals surface area contributed by atoms with E-state index in [0.717, 1.165) is 24.2 Å². The van der Waals surface area contributed by atoms with Crippen LogP contribution in [0.1, 0.15) is 45.7 Å². The highest BCUT2D eigenvalue weighted by molar-refractivity contribution is 7.90. The monoisotopic (exact) mass is 385 g/mol. The highest BCUT2D eigenvalue weighted by Gasteiger charge is 2.31. The molecule has 2 rings (SSSR count). The zero-order valence-corrected chi connectivity index (χ0v) is 16.6. The minimum Gasteiger partial charge on any atom is -0.598 e. The lowest BCUT2D eigenvalue weighted by Crippen LogP contribution is -2.41. The Morgan fingerprint density at radius 1 is 1.54 bits per heavy atom. The number of nitrogens with zero attached hydrogens (tertiary/aromatic N) is 1. The van der Waals surface area contributed by atoms with E-state index in [-0.39, 0.29) is 24.4 Å². The van der Waals surface area contributed by atoms with Crippen LogP contribution >= 0.6 is 0 Å². The molecule has 2 unspecified atom stereocenters. The predicted molar refractivity (Wildman–Crippen MR) is 102 cm³/mol. The van der Waals surface area contributed by atoms with Crippen molar-refractivity contribution >= 4 is 23.1 Å². The van der Waals surface area contributed by atoms with Gasteiger partial charge >= 0.3 is 6.09 Å². The van der Waals surface area contributed by atoms with Crippen molar-refractivity contribution in [1.29, 1.82) is 0 Å². The third-order valence-corrected chi connectivity index (χ3v) is 6.06. The minimum absolute atomic E-state index is 0.187. The van der Waals surface area contributed by atoms with Crippen LogP contribution in [-0.2, 0) is 16.1 Å². The summed E-state index contributed by atoms with van der Waals surface area (Å²) in [5, 5.41) is 0. The summed E-state index contributed by atoms with van der Waals surface area (Å²) in [5.74, 6) is -0.140. The normalized spacial score (nSPS) is 20.1. The second-order valence-electron chi connectivity index (χ2n) is 7.65. The Bertz CT molecular complexity index is 639. The predicted octanol–water partition coefficient (Wildman–Crippen LogP) is 2.86. The van der Waals surface area contributed by atoms with E-state index in [9.17, 15) is 13.7 Å². The Kier molecular flexibility index (Phi) is 6.76. The Hall–Kier alpha value is -1.51. The van der Waals surface area contributed by atoms with E-state index >= 15 is 0 Å². The van der Waals surface area contributed by atoms with Crippen molar-refractivity contribution in [3.8, 4) is 0 Å². The Balaban J connectivity index is 2.14. The van der Waals surface area contributed by atoms with Crippen LogP contribution in [0.5, 0.6) is 0 Å². The average molecular weight is 386 g/mol. The molecular formula is C18H28FN3O3S. The number of halogens is 1. The molecule has 0 radical (unpaired) electrons. The van der Waals surface area contributed by atoms with Crippen LogP contribution in [0, 0.1) is 11.7 Å². The summed E-state index contributed by atoms with van der Waals surface area (Å²) in [6.45, 7) is 9.30. The third-order valence-electron chi connectivity index (χ3n) is 4.38. The van der Waals surface area contributed by atoms with Gasteiger partial charge in [0, 0.05) is 36.1 Å². The topological polar surface area (TPSA) is 90.7 Å². The molecule has 0 spiro atoms. The number of ether oxygens (including phenoxy) is 1. The Morgan fingerprint density at radius 2 is 2.23 bits per heavy atom. The smallest absolute Gasteiger partial charge is 0.404 e. The van der Waals surface area contributed by atoms with Crippen molar-refractivity contribution in [1.82, 2.24) is 4.72 Å². The first kappa shape index (κ1) is 20.8. The third kappa shape index (κ3) is 5.49. The molecule has 1 fully saturated rings. The van der Waals surface area contributed by atoms with Gasteiger partial charge in [0.05, 0.1) is 12.6 Å². The van der Waals surface area contributed by atoms with Crippen LogP contribution in [0.2, 0.25) is 0 Å². The molecule has 1 aliphatic rings. The van der Waals surface area contributed by atoms with E-state index < -0.39 is 22.2 Å². The van der Waals surface area contributed by atoms with Crippen molar-refractivity contribution in [3.63, 3.8) is 0 Å². The lowest BCUT2D eigenvalue weighted by atomic mass is 10.1. The van der Waals surface area contributed by atoms with Gasteiger partial charge in [-0.15, -0.1) is 4.72 Å². The number of carbonyl (C=O) groups excluding carboxylic acids is 1. The summed E-state index contributed by atoms with van der Waals surface area (Å²) < 4.78 is 33.8. The largest absolute Gasteiger partial charge is 0.598 e. The molecule has 146 valence electrons. The summed E-state index contributed by atoms with van der Waals surface area (Å²) in [5.41, 5.74) is 6.69. The molecule has 3 atom stereocenters. The number of hydrogen-bond donors (Lipinski definition) is 2. The number of nitrogens with one attached hydrogen (secondary N) is 1. The number of rotatable bonds is 6. The maximum atomic E-state index is 13.9. The molecule has 8 heteroatoms. The number of benzene rings is 1. The van der Waals surface area contributed by atoms with E-state index in [1.165, 1.54) is 12.1 Å². The van der Waals surface area contributed by atoms with Crippen molar-refractivity contribution in [2.75, 3.05) is 24.6 Å². The second-order valence-corrected chi connectivity index (χ2v) is 9.65. The van der Waals surface area contributed by atoms with Crippen LogP contribution in [0.3, 0.4) is 0 Å². The van der Waals surface area contributed by atoms with E-state index in [1.54, 1.807) is 6.07 Å². The summed E-state index contributed by atoms with van der Waals surface area (Å²) in [7, 11) is 0. The molecule has 1 aromatic rings. The van der Waals surface area contributed by atoms with Gasteiger partial charge in [0.15, 0.2) is 0 Å². The van der Waals surface area contributed by atoms with Gasteiger partial charge in [-0.2, -0.15) is 0 Å². The molecule has 1 saturated heterocycles. The quantitative estimate of drug-likeness (QED) is 0.735. The number of primary amides is 1. The first-order chi connectivity index (χ1) is 12.1. The van der Waals surface area contributed by atoms with Crippen LogP contribution < -0.4 is 15.4 Å². The molecular weight excluding hydrogens is 357 g/mol. The highest BCUT2D eigenvalue weighted by atomic mass is 32.2. The number of carbonyl (C=O) groups is 1. The minimum atomic E-state index is -1.26. The van der Waals surface area contributed by atoms with Gasteiger partial charge in [0.1, 0.15) is 10.6 Å². The van der Waals surface area contributed by atoms with Crippen LogP contribution in [0.4, 0.5) is 14.9 Å². The van der Waals surface area contributed by atoms with Gasteiger partial charge in [0.2, 0.25) is 0 Å². The molecule has 1 aliphatic heterocycles. The van der Waals surface area contributed by atoms with Crippen LogP contribution in [0.25, 0.3) is 0 Å². The maximum Gasteiger partial charge on any atom is 0.404 e. The van der Waals surface area contributed by atoms with Gasteiger partial charge in [-0.05, 0) is 57.9 Å². The van der Waals surface area contributed by atoms with E-state index in [2.05, 4.69) is 9.62 Å². The maximum absolute atomic E-state index is 13.9. The second kappa shape index (κ2) is 8.45. The van der Waals surface area contributed by atoms with E-state index in [0.29, 0.717) is 6.54 Å². The first-order valence-electron chi connectivity index (χ1n) is 8.72. The first-order valence-corrected chi connectivity index (χ1v) is 9.87. The average Bonchev–Trinajstić information content (AvgIpc) is 3.00. The van der Waals surface area contributed by atoms with Gasteiger partial charge < -0.3 is 19.9 Å². The lowest BCUT2D eigenvalue weighted by Gasteiger charge is -2.29. The lowest BCUT2D eigenvalue weighted by molar-refractivity contribution is 0.140. The summed E-state index contributed by atoms with van der Waals surface area (Å²) in [4.78, 5) is 12.9. The molecule has 1 aromatic carbocycles. The SMILES string of the molecule is CC(N[S+]([O-])C(C)(C)C)c1cc(F)ccc1N1CC[C@@H](COC(N)=O)C1. The summed E-state index contributed by atoms with van der Waals surface area (Å²) >= 11 is -1.26. The van der Waals surface area contributed by atoms with Crippen molar-refractivity contribution in [2.45, 2.75) is 44.9 Å². The number of amides is 1. The molecule has 26 heavy (non-hydrogen) atoms. The zero-order chi connectivity index (χ0) is 19.5. The van der Waals surface area contributed by atoms with Crippen LogP contribution in [-0.4, -0.2) is 35.1 Å². The standard InChI is InChI=1S/C18H28FN3O3S/c1-12(21-26(24)18(2,3)4)15-9-14(19)5-6-16(15)22-8-7-13(10-22)11-25-17(20)23/h5-6,9,12-13,21H,7-8,10-11H2,1-4H3,(H2,20,23)/t12?,13-,26?/m1/s1. The van der Waals surface area contributed by atoms with Gasteiger partial charge in [0.25, 0.3) is 0 Å². The fourth-order valence-corrected chi connectivity index (χ4v) is 3.75. The molecule has 3 N–H and O–H groups in total. The summed E-state index contributed by atoms with van der Waals surface area (Å²) in [6, 6.07) is 4.39.